The van der Waals surface area contributed by atoms with Crippen LogP contribution >= 0.6 is 0 Å². The molecule has 164 valence electrons. The number of carbonyl (C=O) groups is 1. The normalized spacial score (nSPS) is 10.7. The maximum atomic E-state index is 11.9. The molecule has 1 aromatic carbocycles. The van der Waals surface area contributed by atoms with Crippen LogP contribution in [0.2, 0.25) is 0 Å². The fraction of sp³-hybridized carbons (Fsp3) is 0.652. The third-order valence-corrected chi connectivity index (χ3v) is 5.09. The molecule has 0 saturated carbocycles. The van der Waals surface area contributed by atoms with Crippen LogP contribution in [0.25, 0.3) is 0 Å². The summed E-state index contributed by atoms with van der Waals surface area (Å²) in [5.41, 5.74) is 6.46. The molecule has 1 amide bonds. The quantitative estimate of drug-likeness (QED) is 0.179. The van der Waals surface area contributed by atoms with Gasteiger partial charge in [0.05, 0.1) is 0 Å². The van der Waals surface area contributed by atoms with Gasteiger partial charge < -0.3 is 21.1 Å². The molecule has 6 heteroatoms. The molecule has 0 aromatic heterocycles. The Labute approximate surface area is 176 Å². The van der Waals surface area contributed by atoms with Crippen molar-refractivity contribution in [3.63, 3.8) is 0 Å². The summed E-state index contributed by atoms with van der Waals surface area (Å²) >= 11 is 0. The van der Waals surface area contributed by atoms with Crippen LogP contribution in [0.15, 0.2) is 24.3 Å². The van der Waals surface area contributed by atoms with Gasteiger partial charge in [0, 0.05) is 25.2 Å². The number of carbonyl (C=O) groups excluding carboxylic acids is 1. The van der Waals surface area contributed by atoms with E-state index in [1.165, 1.54) is 44.9 Å². The highest BCUT2D eigenvalue weighted by Crippen LogP contribution is 2.19. The van der Waals surface area contributed by atoms with Gasteiger partial charge >= 0.3 is 0 Å². The number of nitrogens with one attached hydrogen (secondary N) is 2. The lowest BCUT2D eigenvalue weighted by Crippen LogP contribution is -2.37. The largest absolute Gasteiger partial charge is 0.508 e. The predicted octanol–water partition coefficient (Wildman–Crippen LogP) is 4.91. The molecule has 0 bridgehead atoms. The summed E-state index contributed by atoms with van der Waals surface area (Å²) in [6, 6.07) is 6.66. The Kier molecular flexibility index (Phi) is 13.4. The van der Waals surface area contributed by atoms with Crippen molar-refractivity contribution >= 4 is 17.6 Å². The molecule has 0 atom stereocenters. The lowest BCUT2D eigenvalue weighted by Gasteiger charge is -2.22. The van der Waals surface area contributed by atoms with Crippen LogP contribution < -0.4 is 16.0 Å². The average Bonchev–Trinajstić information content (AvgIpc) is 2.70. The molecule has 0 saturated heterocycles. The van der Waals surface area contributed by atoms with Crippen molar-refractivity contribution in [1.29, 1.82) is 5.41 Å². The number of hydrogen-bond donors (Lipinski definition) is 4. The standard InChI is InChI=1S/C23H40N4O2/c1-2-3-4-5-6-7-8-11-18-26-22(29)13-10-9-12-19-27(23(24)25)20-14-16-21(28)17-15-20/h14-17,28H,2-13,18-19H2,1H3,(H3,24,25)(H,26,29). The van der Waals surface area contributed by atoms with E-state index in [-0.39, 0.29) is 17.6 Å². The van der Waals surface area contributed by atoms with E-state index in [0.29, 0.717) is 13.0 Å². The van der Waals surface area contributed by atoms with E-state index in [4.69, 9.17) is 11.1 Å². The summed E-state index contributed by atoms with van der Waals surface area (Å²) in [7, 11) is 0. The number of rotatable bonds is 16. The van der Waals surface area contributed by atoms with Crippen molar-refractivity contribution < 1.29 is 9.90 Å². The molecule has 0 unspecified atom stereocenters. The highest BCUT2D eigenvalue weighted by molar-refractivity contribution is 5.92. The lowest BCUT2D eigenvalue weighted by atomic mass is 10.1. The lowest BCUT2D eigenvalue weighted by molar-refractivity contribution is -0.121. The minimum Gasteiger partial charge on any atom is -0.508 e. The molecule has 1 rings (SSSR count). The van der Waals surface area contributed by atoms with Crippen molar-refractivity contribution in [2.24, 2.45) is 5.73 Å². The topological polar surface area (TPSA) is 102 Å². The monoisotopic (exact) mass is 404 g/mol. The summed E-state index contributed by atoms with van der Waals surface area (Å²) in [5, 5.41) is 20.1. The molecular formula is C23H40N4O2. The van der Waals surface area contributed by atoms with Gasteiger partial charge in [0.25, 0.3) is 0 Å². The summed E-state index contributed by atoms with van der Waals surface area (Å²) in [6.45, 7) is 3.65. The zero-order chi connectivity index (χ0) is 21.3. The smallest absolute Gasteiger partial charge is 0.219 e. The average molecular weight is 405 g/mol. The van der Waals surface area contributed by atoms with Crippen LogP contribution in [0.4, 0.5) is 5.69 Å². The van der Waals surface area contributed by atoms with Crippen molar-refractivity contribution in [1.82, 2.24) is 5.32 Å². The minimum atomic E-state index is -0.0150. The number of amides is 1. The maximum Gasteiger partial charge on any atom is 0.219 e. The van der Waals surface area contributed by atoms with E-state index in [9.17, 15) is 9.90 Å². The molecule has 0 aliphatic rings. The highest BCUT2D eigenvalue weighted by Gasteiger charge is 2.09. The molecule has 0 spiro atoms. The van der Waals surface area contributed by atoms with Gasteiger partial charge in [-0.15, -0.1) is 0 Å². The number of nitrogens with two attached hydrogens (primary N) is 1. The van der Waals surface area contributed by atoms with Gasteiger partial charge in [-0.2, -0.15) is 0 Å². The van der Waals surface area contributed by atoms with E-state index in [1.807, 2.05) is 0 Å². The number of unbranched alkanes of at least 4 members (excludes halogenated alkanes) is 9. The third-order valence-electron chi connectivity index (χ3n) is 5.09. The minimum absolute atomic E-state index is 0.0150. The fourth-order valence-corrected chi connectivity index (χ4v) is 3.33. The summed E-state index contributed by atoms with van der Waals surface area (Å²) < 4.78 is 0. The third kappa shape index (κ3) is 12.0. The number of benzene rings is 1. The number of nitrogens with zero attached hydrogens (tertiary/aromatic N) is 1. The molecular weight excluding hydrogens is 364 g/mol. The first-order valence-electron chi connectivity index (χ1n) is 11.2. The van der Waals surface area contributed by atoms with Gasteiger partial charge in [-0.05, 0) is 43.5 Å². The SMILES string of the molecule is CCCCCCCCCCNC(=O)CCCCCN(C(=N)N)c1ccc(O)cc1. The Morgan fingerprint density at radius 1 is 0.966 bits per heavy atom. The Bertz CT molecular complexity index is 575. The summed E-state index contributed by atoms with van der Waals surface area (Å²) in [5.74, 6) is 0.309. The first-order chi connectivity index (χ1) is 14.0. The van der Waals surface area contributed by atoms with Crippen molar-refractivity contribution in [2.45, 2.75) is 84.0 Å². The Hall–Kier alpha value is -2.24. The van der Waals surface area contributed by atoms with Gasteiger partial charge in [-0.3, -0.25) is 10.2 Å². The van der Waals surface area contributed by atoms with Crippen LogP contribution in [-0.4, -0.2) is 30.1 Å². The van der Waals surface area contributed by atoms with Crippen LogP contribution in [-0.2, 0) is 4.79 Å². The van der Waals surface area contributed by atoms with Gasteiger partial charge in [0.15, 0.2) is 5.96 Å². The van der Waals surface area contributed by atoms with Crippen LogP contribution in [0.1, 0.15) is 84.0 Å². The molecule has 0 fully saturated rings. The number of phenolic OH excluding ortho intramolecular Hbond substituents is 1. The number of hydrogen-bond acceptors (Lipinski definition) is 3. The zero-order valence-electron chi connectivity index (χ0n) is 18.1. The van der Waals surface area contributed by atoms with E-state index in [1.54, 1.807) is 29.2 Å². The predicted molar refractivity (Wildman–Crippen MR) is 121 cm³/mol. The number of aromatic hydroxyl groups is 1. The molecule has 5 N–H and O–H groups in total. The van der Waals surface area contributed by atoms with Gasteiger partial charge in [0.2, 0.25) is 5.91 Å². The van der Waals surface area contributed by atoms with Crippen LogP contribution in [0.3, 0.4) is 0 Å². The Morgan fingerprint density at radius 3 is 2.17 bits per heavy atom. The fourth-order valence-electron chi connectivity index (χ4n) is 3.33. The maximum absolute atomic E-state index is 11.9. The second-order valence-corrected chi connectivity index (χ2v) is 7.69. The Balaban J connectivity index is 2.05. The first kappa shape index (κ1) is 24.8. The first-order valence-corrected chi connectivity index (χ1v) is 11.2. The van der Waals surface area contributed by atoms with Crippen molar-refractivity contribution in [3.05, 3.63) is 24.3 Å². The van der Waals surface area contributed by atoms with Crippen molar-refractivity contribution in [2.75, 3.05) is 18.0 Å². The number of anilines is 1. The summed E-state index contributed by atoms with van der Waals surface area (Å²) in [4.78, 5) is 13.6. The zero-order valence-corrected chi connectivity index (χ0v) is 18.1. The van der Waals surface area contributed by atoms with Gasteiger partial charge in [0.1, 0.15) is 5.75 Å². The molecule has 0 aliphatic heterocycles. The summed E-state index contributed by atoms with van der Waals surface area (Å²) in [6.07, 6.45) is 13.3. The van der Waals surface area contributed by atoms with E-state index >= 15 is 0 Å². The van der Waals surface area contributed by atoms with E-state index in [0.717, 1.165) is 37.9 Å². The van der Waals surface area contributed by atoms with Crippen LogP contribution in [0, 0.1) is 5.41 Å². The van der Waals surface area contributed by atoms with E-state index < -0.39 is 0 Å². The number of guanidine groups is 1. The molecule has 0 heterocycles. The molecule has 1 aromatic rings. The molecule has 0 aliphatic carbocycles. The Morgan fingerprint density at radius 2 is 1.55 bits per heavy atom. The molecule has 0 radical (unpaired) electrons. The van der Waals surface area contributed by atoms with Gasteiger partial charge in [-0.1, -0.05) is 58.3 Å². The van der Waals surface area contributed by atoms with Crippen LogP contribution in [0.5, 0.6) is 5.75 Å². The second-order valence-electron chi connectivity index (χ2n) is 7.69. The molecule has 6 nitrogen and oxygen atoms in total. The number of phenols is 1. The van der Waals surface area contributed by atoms with Crippen molar-refractivity contribution in [3.8, 4) is 5.75 Å². The van der Waals surface area contributed by atoms with E-state index in [2.05, 4.69) is 12.2 Å². The second kappa shape index (κ2) is 15.7. The van der Waals surface area contributed by atoms with Gasteiger partial charge in [-0.25, -0.2) is 0 Å². The highest BCUT2D eigenvalue weighted by atomic mass is 16.3. The molecule has 29 heavy (non-hydrogen) atoms.